The van der Waals surface area contributed by atoms with E-state index in [1.807, 2.05) is 29.8 Å². The van der Waals surface area contributed by atoms with Crippen molar-refractivity contribution in [3.05, 3.63) is 40.5 Å². The molecule has 4 rings (SSSR count). The number of carbonyl (C=O) groups excluding carboxylic acids is 1. The van der Waals surface area contributed by atoms with E-state index in [1.165, 1.54) is 11.3 Å². The van der Waals surface area contributed by atoms with Gasteiger partial charge < -0.3 is 0 Å². The fraction of sp³-hybridized carbons (Fsp3) is 0.267. The van der Waals surface area contributed by atoms with E-state index in [-0.39, 0.29) is 11.9 Å². The maximum Gasteiger partial charge on any atom is 0.271 e. The minimum Gasteiger partial charge on any atom is -0.289 e. The van der Waals surface area contributed by atoms with Crippen molar-refractivity contribution in [2.45, 2.75) is 25.9 Å². The van der Waals surface area contributed by atoms with Gasteiger partial charge in [-0.3, -0.25) is 9.69 Å². The lowest BCUT2D eigenvalue weighted by Crippen LogP contribution is -2.43. The highest BCUT2D eigenvalue weighted by Gasteiger charge is 2.32. The number of thiophene rings is 1. The van der Waals surface area contributed by atoms with E-state index in [9.17, 15) is 4.79 Å². The Morgan fingerprint density at radius 3 is 3.09 bits per heavy atom. The van der Waals surface area contributed by atoms with E-state index >= 15 is 0 Å². The molecule has 22 heavy (non-hydrogen) atoms. The third-order valence-electron chi connectivity index (χ3n) is 3.96. The summed E-state index contributed by atoms with van der Waals surface area (Å²) in [5.41, 5.74) is 0. The van der Waals surface area contributed by atoms with Crippen molar-refractivity contribution in [1.29, 1.82) is 0 Å². The Balaban J connectivity index is 1.82. The van der Waals surface area contributed by atoms with Crippen LogP contribution in [-0.2, 0) is 6.54 Å². The van der Waals surface area contributed by atoms with E-state index in [2.05, 4.69) is 10.1 Å². The monoisotopic (exact) mass is 332 g/mol. The molecule has 4 heterocycles. The van der Waals surface area contributed by atoms with Gasteiger partial charge >= 0.3 is 0 Å². The largest absolute Gasteiger partial charge is 0.289 e. The van der Waals surface area contributed by atoms with E-state index in [0.29, 0.717) is 9.90 Å². The fourth-order valence-electron chi connectivity index (χ4n) is 2.82. The molecule has 7 heteroatoms. The van der Waals surface area contributed by atoms with Gasteiger partial charge in [0.25, 0.3) is 5.91 Å². The van der Waals surface area contributed by atoms with Gasteiger partial charge in [0.2, 0.25) is 0 Å². The molecule has 1 aliphatic rings. The van der Waals surface area contributed by atoms with Crippen molar-refractivity contribution in [3.8, 4) is 0 Å². The topological polar surface area (TPSA) is 51.0 Å². The van der Waals surface area contributed by atoms with Crippen molar-refractivity contribution in [2.75, 3.05) is 4.90 Å². The highest BCUT2D eigenvalue weighted by Crippen LogP contribution is 2.36. The summed E-state index contributed by atoms with van der Waals surface area (Å²) in [5, 5.41) is 5.58. The van der Waals surface area contributed by atoms with Crippen molar-refractivity contribution < 1.29 is 4.79 Å². The lowest BCUT2D eigenvalue weighted by molar-refractivity contribution is 0.0974. The summed E-state index contributed by atoms with van der Waals surface area (Å²) in [4.78, 5) is 20.4. The van der Waals surface area contributed by atoms with Crippen LogP contribution in [0, 0.1) is 0 Å². The molecule has 1 aliphatic heterocycles. The first-order valence-electron chi connectivity index (χ1n) is 7.05. The Bertz CT molecular complexity index is 871. The van der Waals surface area contributed by atoms with Gasteiger partial charge in [0, 0.05) is 30.2 Å². The molecule has 0 radical (unpaired) electrons. The summed E-state index contributed by atoms with van der Waals surface area (Å²) >= 11 is 7.76. The van der Waals surface area contributed by atoms with Gasteiger partial charge in [-0.25, -0.2) is 9.67 Å². The van der Waals surface area contributed by atoms with Crippen LogP contribution in [0.25, 0.3) is 10.2 Å². The lowest BCUT2D eigenvalue weighted by Gasteiger charge is -2.33. The normalized spacial score (nSPS) is 17.7. The molecule has 0 N–H and O–H groups in total. The number of rotatable bonds is 1. The van der Waals surface area contributed by atoms with Crippen LogP contribution in [0.5, 0.6) is 0 Å². The maximum atomic E-state index is 13.0. The SMILES string of the molecule is CC1CCn2nccc2N1C(=O)c1sc2ncccc2c1Cl. The van der Waals surface area contributed by atoms with Gasteiger partial charge in [0.1, 0.15) is 15.5 Å². The second-order valence-corrected chi connectivity index (χ2v) is 6.70. The Kier molecular flexibility index (Phi) is 3.16. The molecular weight excluding hydrogens is 320 g/mol. The molecule has 1 atom stereocenters. The second-order valence-electron chi connectivity index (χ2n) is 5.33. The molecule has 0 fully saturated rings. The smallest absolute Gasteiger partial charge is 0.271 e. The number of anilines is 1. The van der Waals surface area contributed by atoms with Crippen molar-refractivity contribution in [2.24, 2.45) is 0 Å². The predicted molar refractivity (Wildman–Crippen MR) is 87.7 cm³/mol. The minimum atomic E-state index is -0.0815. The van der Waals surface area contributed by atoms with Gasteiger partial charge in [-0.15, -0.1) is 11.3 Å². The summed E-state index contributed by atoms with van der Waals surface area (Å²) in [7, 11) is 0. The van der Waals surface area contributed by atoms with Crippen LogP contribution in [0.15, 0.2) is 30.6 Å². The van der Waals surface area contributed by atoms with Crippen LogP contribution in [0.1, 0.15) is 23.0 Å². The maximum absolute atomic E-state index is 13.0. The predicted octanol–water partition coefficient (Wildman–Crippen LogP) is 3.59. The Labute approximate surface area is 136 Å². The van der Waals surface area contributed by atoms with E-state index < -0.39 is 0 Å². The number of pyridine rings is 1. The molecule has 0 saturated carbocycles. The zero-order valence-corrected chi connectivity index (χ0v) is 13.4. The highest BCUT2D eigenvalue weighted by atomic mass is 35.5. The van der Waals surface area contributed by atoms with Crippen LogP contribution in [0.2, 0.25) is 5.02 Å². The molecule has 3 aromatic rings. The van der Waals surface area contributed by atoms with Crippen LogP contribution >= 0.6 is 22.9 Å². The molecule has 1 unspecified atom stereocenters. The van der Waals surface area contributed by atoms with E-state index in [0.717, 1.165) is 29.0 Å². The molecule has 0 bridgehead atoms. The van der Waals surface area contributed by atoms with Gasteiger partial charge in [-0.1, -0.05) is 11.6 Å². The van der Waals surface area contributed by atoms with E-state index in [4.69, 9.17) is 11.6 Å². The number of aromatic nitrogens is 3. The summed E-state index contributed by atoms with van der Waals surface area (Å²) in [5.74, 6) is 0.743. The number of aryl methyl sites for hydroxylation is 1. The number of hydrogen-bond acceptors (Lipinski definition) is 4. The molecule has 0 spiro atoms. The standard InChI is InChI=1S/C15H13ClN4OS/c1-9-5-8-19-11(4-7-18-19)20(9)15(21)13-12(16)10-3-2-6-17-14(10)22-13/h2-4,6-7,9H,5,8H2,1H3. The Morgan fingerprint density at radius 2 is 2.27 bits per heavy atom. The summed E-state index contributed by atoms with van der Waals surface area (Å²) in [6.45, 7) is 2.88. The minimum absolute atomic E-state index is 0.0815. The van der Waals surface area contributed by atoms with Gasteiger partial charge in [0.15, 0.2) is 0 Å². The zero-order valence-electron chi connectivity index (χ0n) is 11.9. The first-order chi connectivity index (χ1) is 10.7. The molecule has 0 aliphatic carbocycles. The van der Waals surface area contributed by atoms with Crippen molar-refractivity contribution in [1.82, 2.24) is 14.8 Å². The first-order valence-corrected chi connectivity index (χ1v) is 8.24. The van der Waals surface area contributed by atoms with Crippen molar-refractivity contribution >= 4 is 44.9 Å². The summed E-state index contributed by atoms with van der Waals surface area (Å²) in [6, 6.07) is 5.70. The van der Waals surface area contributed by atoms with Crippen LogP contribution < -0.4 is 4.90 Å². The van der Waals surface area contributed by atoms with Gasteiger partial charge in [-0.2, -0.15) is 5.10 Å². The number of nitrogens with zero attached hydrogens (tertiary/aromatic N) is 4. The van der Waals surface area contributed by atoms with Crippen LogP contribution in [0.4, 0.5) is 5.82 Å². The summed E-state index contributed by atoms with van der Waals surface area (Å²) in [6.07, 6.45) is 4.31. The second kappa shape index (κ2) is 5.07. The third kappa shape index (κ3) is 1.94. The average Bonchev–Trinajstić information content (AvgIpc) is 3.12. The molecule has 0 aromatic carbocycles. The first kappa shape index (κ1) is 13.7. The molecule has 112 valence electrons. The molecule has 1 amide bonds. The average molecular weight is 333 g/mol. The third-order valence-corrected chi connectivity index (χ3v) is 5.57. The van der Waals surface area contributed by atoms with E-state index in [1.54, 1.807) is 17.3 Å². The molecule has 3 aromatic heterocycles. The fourth-order valence-corrected chi connectivity index (χ4v) is 4.20. The highest BCUT2D eigenvalue weighted by molar-refractivity contribution is 7.21. The number of carbonyl (C=O) groups is 1. The number of amides is 1. The van der Waals surface area contributed by atoms with Crippen LogP contribution in [0.3, 0.4) is 0 Å². The van der Waals surface area contributed by atoms with Gasteiger partial charge in [-0.05, 0) is 25.5 Å². The van der Waals surface area contributed by atoms with Gasteiger partial charge in [0.05, 0.1) is 11.2 Å². The number of halogens is 1. The molecule has 5 nitrogen and oxygen atoms in total. The Morgan fingerprint density at radius 1 is 1.41 bits per heavy atom. The number of fused-ring (bicyclic) bond motifs is 2. The molecular formula is C15H13ClN4OS. The van der Waals surface area contributed by atoms with Crippen molar-refractivity contribution in [3.63, 3.8) is 0 Å². The summed E-state index contributed by atoms with van der Waals surface area (Å²) < 4.78 is 1.86. The lowest BCUT2D eigenvalue weighted by atomic mass is 10.1. The quantitative estimate of drug-likeness (QED) is 0.684. The zero-order chi connectivity index (χ0) is 15.3. The number of hydrogen-bond donors (Lipinski definition) is 0. The van der Waals surface area contributed by atoms with Crippen LogP contribution in [-0.4, -0.2) is 26.7 Å². The molecule has 0 saturated heterocycles. The Hall–Kier alpha value is -1.92.